The Morgan fingerprint density at radius 1 is 1.67 bits per heavy atom. The van der Waals surface area contributed by atoms with Crippen molar-refractivity contribution in [1.82, 2.24) is 0 Å². The van der Waals surface area contributed by atoms with Gasteiger partial charge in [0.15, 0.2) is 0 Å². The molecule has 0 radical (unpaired) electrons. The molecule has 0 unspecified atom stereocenters. The molecule has 0 aromatic carbocycles. The van der Waals surface area contributed by atoms with Gasteiger partial charge >= 0.3 is 5.97 Å². The van der Waals surface area contributed by atoms with Crippen molar-refractivity contribution in [1.29, 1.82) is 0 Å². The summed E-state index contributed by atoms with van der Waals surface area (Å²) in [5.41, 5.74) is -0.0636. The maximum Gasteiger partial charge on any atom is 0.336 e. The van der Waals surface area contributed by atoms with E-state index in [0.717, 1.165) is 18.2 Å². The number of carbonyl (C=O) groups excluding carboxylic acids is 1. The lowest BCUT2D eigenvalue weighted by Gasteiger charge is -2.32. The van der Waals surface area contributed by atoms with Crippen molar-refractivity contribution in [2.75, 3.05) is 11.9 Å². The standard InChI is InChI=1S/C11H15BrO3/c1-3-14-11-7(2)10(13)15-9(11)5-4-8(11)6-12/h8-9H,2-6H2,1H3/t8-,9-,11-/m1/s1. The number of carbonyl (C=O) groups is 1. The minimum Gasteiger partial charge on any atom is -0.455 e. The summed E-state index contributed by atoms with van der Waals surface area (Å²) in [6.07, 6.45) is 1.77. The van der Waals surface area contributed by atoms with Gasteiger partial charge in [0.25, 0.3) is 0 Å². The molecule has 4 heteroatoms. The summed E-state index contributed by atoms with van der Waals surface area (Å²) < 4.78 is 11.1. The van der Waals surface area contributed by atoms with Crippen LogP contribution in [0.15, 0.2) is 12.2 Å². The number of hydrogen-bond acceptors (Lipinski definition) is 3. The van der Waals surface area contributed by atoms with Gasteiger partial charge in [-0.2, -0.15) is 0 Å². The predicted molar refractivity (Wildman–Crippen MR) is 59.9 cm³/mol. The topological polar surface area (TPSA) is 35.5 Å². The number of ether oxygens (including phenoxy) is 2. The molecule has 2 fully saturated rings. The fourth-order valence-electron chi connectivity index (χ4n) is 2.72. The normalized spacial score (nSPS) is 39.3. The number of hydrogen-bond donors (Lipinski definition) is 0. The SMILES string of the molecule is C=C1C(=O)O[C@@H]2CC[C@H](CBr)[C@]12OCC. The first-order valence-electron chi connectivity index (χ1n) is 5.27. The zero-order chi connectivity index (χ0) is 11.1. The van der Waals surface area contributed by atoms with E-state index in [1.54, 1.807) is 0 Å². The molecule has 3 atom stereocenters. The van der Waals surface area contributed by atoms with Crippen LogP contribution >= 0.6 is 15.9 Å². The predicted octanol–water partition coefficient (Wildman–Crippen LogP) is 2.05. The van der Waals surface area contributed by atoms with Crippen LogP contribution in [-0.4, -0.2) is 29.6 Å². The number of esters is 1. The Balaban J connectivity index is 2.36. The second kappa shape index (κ2) is 3.91. The van der Waals surface area contributed by atoms with Crippen molar-refractivity contribution < 1.29 is 14.3 Å². The van der Waals surface area contributed by atoms with Crippen LogP contribution in [0.25, 0.3) is 0 Å². The summed E-state index contributed by atoms with van der Waals surface area (Å²) >= 11 is 3.48. The molecule has 0 N–H and O–H groups in total. The van der Waals surface area contributed by atoms with Crippen molar-refractivity contribution in [3.05, 3.63) is 12.2 Å². The van der Waals surface area contributed by atoms with E-state index in [2.05, 4.69) is 22.5 Å². The van der Waals surface area contributed by atoms with Gasteiger partial charge in [0, 0.05) is 17.9 Å². The fraction of sp³-hybridized carbons (Fsp3) is 0.727. The van der Waals surface area contributed by atoms with Crippen LogP contribution in [0.3, 0.4) is 0 Å². The van der Waals surface area contributed by atoms with Gasteiger partial charge in [-0.15, -0.1) is 0 Å². The van der Waals surface area contributed by atoms with E-state index in [0.29, 0.717) is 18.1 Å². The lowest BCUT2D eigenvalue weighted by Crippen LogP contribution is -2.44. The van der Waals surface area contributed by atoms with Crippen molar-refractivity contribution in [3.63, 3.8) is 0 Å². The molecule has 3 nitrogen and oxygen atoms in total. The van der Waals surface area contributed by atoms with Gasteiger partial charge in [0.05, 0.1) is 5.57 Å². The molecule has 0 amide bonds. The smallest absolute Gasteiger partial charge is 0.336 e. The average molecular weight is 275 g/mol. The van der Waals surface area contributed by atoms with Crippen molar-refractivity contribution >= 4 is 21.9 Å². The van der Waals surface area contributed by atoms with Crippen molar-refractivity contribution in [2.45, 2.75) is 31.5 Å². The summed E-state index contributed by atoms with van der Waals surface area (Å²) in [5, 5.41) is 0.819. The molecule has 1 saturated carbocycles. The summed E-state index contributed by atoms with van der Waals surface area (Å²) in [6, 6.07) is 0. The average Bonchev–Trinajstić information content (AvgIpc) is 2.67. The van der Waals surface area contributed by atoms with Crippen LogP contribution in [0, 0.1) is 5.92 Å². The van der Waals surface area contributed by atoms with E-state index in [1.807, 2.05) is 6.92 Å². The van der Waals surface area contributed by atoms with Crippen LogP contribution in [0.4, 0.5) is 0 Å². The van der Waals surface area contributed by atoms with E-state index < -0.39 is 5.60 Å². The summed E-state index contributed by atoms with van der Waals surface area (Å²) in [4.78, 5) is 11.5. The van der Waals surface area contributed by atoms with Gasteiger partial charge in [0.1, 0.15) is 11.7 Å². The molecular formula is C11H15BrO3. The van der Waals surface area contributed by atoms with E-state index in [-0.39, 0.29) is 12.1 Å². The summed E-state index contributed by atoms with van der Waals surface area (Å²) in [5.74, 6) is 0.000463. The monoisotopic (exact) mass is 274 g/mol. The Labute approximate surface area is 97.9 Å². The third-order valence-electron chi connectivity index (χ3n) is 3.40. The Kier molecular flexibility index (Phi) is 2.90. The van der Waals surface area contributed by atoms with Gasteiger partial charge < -0.3 is 9.47 Å². The minimum atomic E-state index is -0.560. The Hall–Kier alpha value is -0.350. The van der Waals surface area contributed by atoms with Gasteiger partial charge in [0.2, 0.25) is 0 Å². The summed E-state index contributed by atoms with van der Waals surface area (Å²) in [6.45, 7) is 6.36. The van der Waals surface area contributed by atoms with Gasteiger partial charge in [-0.25, -0.2) is 4.79 Å². The van der Waals surface area contributed by atoms with Gasteiger partial charge in [-0.3, -0.25) is 0 Å². The van der Waals surface area contributed by atoms with E-state index in [4.69, 9.17) is 9.47 Å². The Morgan fingerprint density at radius 3 is 3.00 bits per heavy atom. The molecular weight excluding hydrogens is 260 g/mol. The third-order valence-corrected chi connectivity index (χ3v) is 4.18. The molecule has 0 aromatic rings. The highest BCUT2D eigenvalue weighted by molar-refractivity contribution is 9.09. The molecule has 1 heterocycles. The first kappa shape index (κ1) is 11.1. The maximum atomic E-state index is 11.5. The molecule has 1 aliphatic carbocycles. The molecule has 0 aromatic heterocycles. The fourth-order valence-corrected chi connectivity index (χ4v) is 3.52. The molecule has 0 bridgehead atoms. The molecule has 0 spiro atoms. The molecule has 1 aliphatic heterocycles. The van der Waals surface area contributed by atoms with E-state index >= 15 is 0 Å². The molecule has 15 heavy (non-hydrogen) atoms. The second-order valence-electron chi connectivity index (χ2n) is 4.03. The van der Waals surface area contributed by atoms with Crippen LogP contribution < -0.4 is 0 Å². The van der Waals surface area contributed by atoms with E-state index in [1.165, 1.54) is 0 Å². The number of fused-ring (bicyclic) bond motifs is 1. The highest BCUT2D eigenvalue weighted by atomic mass is 79.9. The lowest BCUT2D eigenvalue weighted by atomic mass is 9.85. The van der Waals surface area contributed by atoms with Crippen LogP contribution in [-0.2, 0) is 14.3 Å². The Morgan fingerprint density at radius 2 is 2.40 bits per heavy atom. The highest BCUT2D eigenvalue weighted by Gasteiger charge is 2.61. The molecule has 2 aliphatic rings. The first-order chi connectivity index (χ1) is 7.16. The second-order valence-corrected chi connectivity index (χ2v) is 4.67. The molecule has 84 valence electrons. The van der Waals surface area contributed by atoms with Crippen LogP contribution in [0.5, 0.6) is 0 Å². The first-order valence-corrected chi connectivity index (χ1v) is 6.39. The number of halogens is 1. The van der Waals surface area contributed by atoms with Gasteiger partial charge in [-0.1, -0.05) is 22.5 Å². The van der Waals surface area contributed by atoms with Crippen molar-refractivity contribution in [3.8, 4) is 0 Å². The lowest BCUT2D eigenvalue weighted by molar-refractivity contribution is -0.141. The molecule has 1 saturated heterocycles. The van der Waals surface area contributed by atoms with Crippen LogP contribution in [0.2, 0.25) is 0 Å². The third kappa shape index (κ3) is 1.38. The quantitative estimate of drug-likeness (QED) is 0.449. The molecule has 2 rings (SSSR count). The van der Waals surface area contributed by atoms with Crippen molar-refractivity contribution in [2.24, 2.45) is 5.92 Å². The zero-order valence-corrected chi connectivity index (χ0v) is 10.4. The number of rotatable bonds is 3. The minimum absolute atomic E-state index is 0.125. The Bertz CT molecular complexity index is 302. The summed E-state index contributed by atoms with van der Waals surface area (Å²) in [7, 11) is 0. The van der Waals surface area contributed by atoms with Crippen LogP contribution in [0.1, 0.15) is 19.8 Å². The van der Waals surface area contributed by atoms with E-state index in [9.17, 15) is 4.79 Å². The zero-order valence-electron chi connectivity index (χ0n) is 8.79. The maximum absolute atomic E-state index is 11.5. The highest BCUT2D eigenvalue weighted by Crippen LogP contribution is 2.50. The van der Waals surface area contributed by atoms with Gasteiger partial charge in [-0.05, 0) is 19.8 Å². The largest absolute Gasteiger partial charge is 0.455 e. The number of alkyl halides is 1.